The van der Waals surface area contributed by atoms with Crippen LogP contribution in [0.15, 0.2) is 297 Å². The molecule has 11 aromatic rings. The van der Waals surface area contributed by atoms with Gasteiger partial charge in [0.2, 0.25) is 0 Å². The highest BCUT2D eigenvalue weighted by molar-refractivity contribution is 5.72. The van der Waals surface area contributed by atoms with Crippen LogP contribution in [-0.4, -0.2) is 0 Å². The summed E-state index contributed by atoms with van der Waals surface area (Å²) < 4.78 is 0. The van der Waals surface area contributed by atoms with Crippen molar-refractivity contribution in [2.75, 3.05) is 0 Å². The molecule has 0 aliphatic rings. The molecule has 0 heteroatoms. The van der Waals surface area contributed by atoms with Crippen molar-refractivity contribution >= 4 is 0 Å². The molecule has 11 aromatic carbocycles. The molecular formula is C71H64. The summed E-state index contributed by atoms with van der Waals surface area (Å²) in [5.41, 5.74) is 21.8. The van der Waals surface area contributed by atoms with E-state index in [0.29, 0.717) is 0 Å². The van der Waals surface area contributed by atoms with Crippen LogP contribution in [0.2, 0.25) is 0 Å². The zero-order valence-electron chi connectivity index (χ0n) is 41.8. The maximum absolute atomic E-state index is 2.22. The summed E-state index contributed by atoms with van der Waals surface area (Å²) in [6.07, 6.45) is 0. The van der Waals surface area contributed by atoms with Crippen molar-refractivity contribution in [3.8, 4) is 66.8 Å². The fourth-order valence-electron chi connectivity index (χ4n) is 7.91. The molecule has 0 aliphatic carbocycles. The van der Waals surface area contributed by atoms with Crippen molar-refractivity contribution in [1.82, 2.24) is 0 Å². The number of aryl methyl sites for hydroxylation is 5. The maximum atomic E-state index is 2.22. The Morgan fingerprint density at radius 1 is 0.127 bits per heavy atom. The van der Waals surface area contributed by atoms with E-state index >= 15 is 0 Å². The van der Waals surface area contributed by atoms with Crippen LogP contribution in [0, 0.1) is 34.6 Å². The van der Waals surface area contributed by atoms with Crippen LogP contribution in [0.4, 0.5) is 0 Å². The van der Waals surface area contributed by atoms with E-state index in [1.165, 1.54) is 94.6 Å². The van der Waals surface area contributed by atoms with Crippen LogP contribution >= 0.6 is 0 Å². The van der Waals surface area contributed by atoms with Gasteiger partial charge in [0.15, 0.2) is 0 Å². The van der Waals surface area contributed by atoms with Crippen molar-refractivity contribution in [2.24, 2.45) is 0 Å². The molecular weight excluding hydrogens is 853 g/mol. The molecule has 0 amide bonds. The maximum Gasteiger partial charge on any atom is -0.0181 e. The molecule has 0 aliphatic heterocycles. The highest BCUT2D eigenvalue weighted by atomic mass is 14.1. The molecule has 0 saturated heterocycles. The molecule has 0 atom stereocenters. The summed E-state index contributed by atoms with van der Waals surface area (Å²) >= 11 is 0. The van der Waals surface area contributed by atoms with Crippen molar-refractivity contribution < 1.29 is 0 Å². The average molecular weight is 917 g/mol. The van der Waals surface area contributed by atoms with Gasteiger partial charge in [-0.05, 0) is 101 Å². The summed E-state index contributed by atoms with van der Waals surface area (Å²) in [5, 5.41) is 0. The molecule has 0 nitrogen and oxygen atoms in total. The van der Waals surface area contributed by atoms with Gasteiger partial charge in [-0.1, -0.05) is 325 Å². The van der Waals surface area contributed by atoms with E-state index in [4.69, 9.17) is 0 Å². The van der Waals surface area contributed by atoms with E-state index in [1.54, 1.807) is 0 Å². The molecule has 0 bridgehead atoms. The lowest BCUT2D eigenvalue weighted by Crippen LogP contribution is -1.81. The van der Waals surface area contributed by atoms with Crippen LogP contribution in [0.5, 0.6) is 0 Å². The lowest BCUT2D eigenvalue weighted by Gasteiger charge is -2.05. The Morgan fingerprint density at radius 2 is 0.296 bits per heavy atom. The highest BCUT2D eigenvalue weighted by Gasteiger charge is 2.02. The average Bonchev–Trinajstić information content (AvgIpc) is 3.43. The standard InChI is InChI=1S/2C19H16.2C13H12.C7H8/c1-15-6-5-9-19(14-15)18-12-10-17(11-13-18)16-7-3-2-4-8-16;1-15-7-9-17(10-8-15)19-13-11-18(12-14-19)16-5-3-2-4-6-16;1-11-6-5-9-13(10-11)12-7-3-2-4-8-12;1-11-7-9-13(10-8-11)12-5-3-2-4-6-12;1-7-5-3-2-4-6-7/h2*2-14H,1H3;2*2-10H,1H3;2-6H,1H3. The van der Waals surface area contributed by atoms with Gasteiger partial charge >= 0.3 is 0 Å². The summed E-state index contributed by atoms with van der Waals surface area (Å²) in [4.78, 5) is 0. The Labute approximate surface area is 424 Å². The Bertz CT molecular complexity index is 3190. The van der Waals surface area contributed by atoms with E-state index in [9.17, 15) is 0 Å². The van der Waals surface area contributed by atoms with Crippen LogP contribution in [0.3, 0.4) is 0 Å². The molecule has 0 radical (unpaired) electrons. The van der Waals surface area contributed by atoms with Crippen molar-refractivity contribution in [2.45, 2.75) is 34.6 Å². The van der Waals surface area contributed by atoms with Gasteiger partial charge in [-0.3, -0.25) is 0 Å². The van der Waals surface area contributed by atoms with Crippen molar-refractivity contribution in [3.05, 3.63) is 325 Å². The number of rotatable bonds is 6. The normalized spacial score (nSPS) is 10.0. The smallest absolute Gasteiger partial charge is 0.0181 e. The first-order valence-electron chi connectivity index (χ1n) is 24.5. The molecule has 11 rings (SSSR count). The van der Waals surface area contributed by atoms with Crippen LogP contribution in [0.25, 0.3) is 66.8 Å². The Morgan fingerprint density at radius 3 is 0.535 bits per heavy atom. The summed E-state index contributed by atoms with van der Waals surface area (Å²) in [6, 6.07) is 104. The van der Waals surface area contributed by atoms with Gasteiger partial charge in [-0.15, -0.1) is 0 Å². The molecule has 0 saturated carbocycles. The Hall–Kier alpha value is -8.58. The molecule has 71 heavy (non-hydrogen) atoms. The fraction of sp³-hybridized carbons (Fsp3) is 0.0704. The Balaban J connectivity index is 0.000000135. The van der Waals surface area contributed by atoms with E-state index in [2.05, 4.69) is 289 Å². The molecule has 0 unspecified atom stereocenters. The predicted molar refractivity (Wildman–Crippen MR) is 309 cm³/mol. The first-order valence-corrected chi connectivity index (χ1v) is 24.5. The minimum atomic E-state index is 1.26. The number of benzene rings is 11. The predicted octanol–water partition coefficient (Wildman–Crippen LogP) is 20.0. The zero-order chi connectivity index (χ0) is 49.5. The summed E-state index contributed by atoms with van der Waals surface area (Å²) in [5.74, 6) is 0. The third-order valence-electron chi connectivity index (χ3n) is 11.9. The topological polar surface area (TPSA) is 0 Å². The monoisotopic (exact) mass is 917 g/mol. The lowest BCUT2D eigenvalue weighted by atomic mass is 9.99. The largest absolute Gasteiger partial charge is 0.0622 e. The van der Waals surface area contributed by atoms with Gasteiger partial charge in [0.25, 0.3) is 0 Å². The molecule has 0 heterocycles. The first-order chi connectivity index (χ1) is 34.8. The van der Waals surface area contributed by atoms with Gasteiger partial charge in [0.05, 0.1) is 0 Å². The van der Waals surface area contributed by atoms with Gasteiger partial charge < -0.3 is 0 Å². The quantitative estimate of drug-likeness (QED) is 0.156. The van der Waals surface area contributed by atoms with Crippen LogP contribution < -0.4 is 0 Å². The summed E-state index contributed by atoms with van der Waals surface area (Å²) in [7, 11) is 0. The second-order valence-electron chi connectivity index (χ2n) is 17.7. The van der Waals surface area contributed by atoms with Crippen LogP contribution in [0.1, 0.15) is 27.8 Å². The van der Waals surface area contributed by atoms with Crippen molar-refractivity contribution in [3.63, 3.8) is 0 Å². The van der Waals surface area contributed by atoms with Gasteiger partial charge in [-0.25, -0.2) is 0 Å². The first kappa shape index (κ1) is 50.3. The van der Waals surface area contributed by atoms with Crippen molar-refractivity contribution in [1.29, 1.82) is 0 Å². The zero-order valence-corrected chi connectivity index (χ0v) is 41.8. The third-order valence-corrected chi connectivity index (χ3v) is 11.9. The second-order valence-corrected chi connectivity index (χ2v) is 17.7. The van der Waals surface area contributed by atoms with E-state index < -0.39 is 0 Å². The number of hydrogen-bond acceptors (Lipinski definition) is 0. The molecule has 0 fully saturated rings. The molecule has 0 spiro atoms. The third kappa shape index (κ3) is 16.3. The second kappa shape index (κ2) is 26.8. The van der Waals surface area contributed by atoms with Gasteiger partial charge in [0.1, 0.15) is 0 Å². The lowest BCUT2D eigenvalue weighted by molar-refractivity contribution is 1.47. The Kier molecular flexibility index (Phi) is 19.0. The minimum absolute atomic E-state index is 1.26. The van der Waals surface area contributed by atoms with E-state index in [0.717, 1.165) is 0 Å². The SMILES string of the molecule is Cc1ccc(-c2ccc(-c3ccccc3)cc2)cc1.Cc1ccc(-c2ccccc2)cc1.Cc1cccc(-c2ccc(-c3ccccc3)cc2)c1.Cc1cccc(-c2ccccc2)c1.Cc1ccccc1. The molecule has 348 valence electrons. The number of hydrogen-bond donors (Lipinski definition) is 0. The van der Waals surface area contributed by atoms with E-state index in [-0.39, 0.29) is 0 Å². The van der Waals surface area contributed by atoms with Gasteiger partial charge in [-0.2, -0.15) is 0 Å². The van der Waals surface area contributed by atoms with Gasteiger partial charge in [0, 0.05) is 0 Å². The van der Waals surface area contributed by atoms with Crippen LogP contribution in [-0.2, 0) is 0 Å². The fourth-order valence-corrected chi connectivity index (χ4v) is 7.91. The van der Waals surface area contributed by atoms with E-state index in [1.807, 2.05) is 42.5 Å². The minimum Gasteiger partial charge on any atom is -0.0622 e. The molecule has 0 N–H and O–H groups in total. The summed E-state index contributed by atoms with van der Waals surface area (Å²) in [6.45, 7) is 10.5. The molecule has 0 aromatic heterocycles. The highest BCUT2D eigenvalue weighted by Crippen LogP contribution is 2.27.